The van der Waals surface area contributed by atoms with Crippen LogP contribution in [0.4, 0.5) is 0 Å². The lowest BCUT2D eigenvalue weighted by Crippen LogP contribution is -2.00. The van der Waals surface area contributed by atoms with Gasteiger partial charge in [-0.1, -0.05) is 41.9 Å². The van der Waals surface area contributed by atoms with Gasteiger partial charge in [0.05, 0.1) is 23.2 Å². The van der Waals surface area contributed by atoms with Crippen molar-refractivity contribution in [1.82, 2.24) is 9.97 Å². The van der Waals surface area contributed by atoms with E-state index in [9.17, 15) is 5.26 Å². The molecule has 1 aromatic heterocycles. The van der Waals surface area contributed by atoms with Crippen LogP contribution in [0.2, 0.25) is 10.3 Å². The first-order valence-electron chi connectivity index (χ1n) is 8.43. The van der Waals surface area contributed by atoms with E-state index in [1.807, 2.05) is 66.7 Å². The third-order valence-electron chi connectivity index (χ3n) is 4.46. The fourth-order valence-electron chi connectivity index (χ4n) is 3.15. The minimum atomic E-state index is -0.385. The summed E-state index contributed by atoms with van der Waals surface area (Å²) in [5.41, 5.74) is 4.09. The highest BCUT2D eigenvalue weighted by Crippen LogP contribution is 2.33. The van der Waals surface area contributed by atoms with Gasteiger partial charge < -0.3 is 0 Å². The van der Waals surface area contributed by atoms with E-state index in [0.717, 1.165) is 31.2 Å². The Morgan fingerprint density at radius 3 is 2.36 bits per heavy atom. The molecule has 6 heteroatoms. The van der Waals surface area contributed by atoms with Crippen LogP contribution in [0, 0.1) is 14.9 Å². The maximum absolute atomic E-state index is 9.82. The minimum absolute atomic E-state index is 0.171. The van der Waals surface area contributed by atoms with Gasteiger partial charge in [0.25, 0.3) is 0 Å². The highest BCUT2D eigenvalue weighted by Gasteiger charge is 2.17. The molecule has 3 aromatic carbocycles. The monoisotopic (exact) mass is 515 g/mol. The van der Waals surface area contributed by atoms with E-state index in [2.05, 4.69) is 38.6 Å². The zero-order chi connectivity index (χ0) is 19.7. The van der Waals surface area contributed by atoms with Crippen LogP contribution in [0.5, 0.6) is 0 Å². The minimum Gasteiger partial charge on any atom is -0.218 e. The van der Waals surface area contributed by atoms with Gasteiger partial charge in [-0.3, -0.25) is 0 Å². The van der Waals surface area contributed by atoms with Crippen LogP contribution in [-0.2, 0) is 0 Å². The molecule has 0 aliphatic rings. The molecule has 28 heavy (non-hydrogen) atoms. The molecule has 0 N–H and O–H groups in total. The van der Waals surface area contributed by atoms with E-state index in [1.165, 1.54) is 0 Å². The standard InChI is InChI=1S/C22H12Cl2IN3/c23-16-3-1-2-15(10-16)21-18-11-14(6-9-20(18)27-22(24)28-21)19(12-26)13-4-7-17(25)8-5-13/h1-11,19H. The van der Waals surface area contributed by atoms with Crippen molar-refractivity contribution in [3.05, 3.63) is 91.7 Å². The molecular formula is C22H12Cl2IN3. The smallest absolute Gasteiger partial charge is 0.218 e. The summed E-state index contributed by atoms with van der Waals surface area (Å²) >= 11 is 14.6. The Morgan fingerprint density at radius 2 is 1.64 bits per heavy atom. The topological polar surface area (TPSA) is 49.6 Å². The fraction of sp³-hybridized carbons (Fsp3) is 0.0455. The van der Waals surface area contributed by atoms with Crippen molar-refractivity contribution in [3.8, 4) is 17.3 Å². The first kappa shape index (κ1) is 19.1. The normalized spacial score (nSPS) is 11.9. The summed E-state index contributed by atoms with van der Waals surface area (Å²) in [6.45, 7) is 0. The van der Waals surface area contributed by atoms with Crippen molar-refractivity contribution in [2.75, 3.05) is 0 Å². The number of fused-ring (bicyclic) bond motifs is 1. The summed E-state index contributed by atoms with van der Waals surface area (Å²) in [5, 5.41) is 11.4. The second-order valence-corrected chi connectivity index (χ2v) is 8.26. The molecule has 1 heterocycles. The molecule has 1 unspecified atom stereocenters. The molecular weight excluding hydrogens is 504 g/mol. The van der Waals surface area contributed by atoms with Crippen LogP contribution in [0.1, 0.15) is 17.0 Å². The maximum atomic E-state index is 9.82. The summed E-state index contributed by atoms with van der Waals surface area (Å²) in [6, 6.07) is 23.6. The van der Waals surface area contributed by atoms with Crippen LogP contribution in [0.15, 0.2) is 66.7 Å². The summed E-state index contributed by atoms with van der Waals surface area (Å²) in [6.07, 6.45) is 0. The summed E-state index contributed by atoms with van der Waals surface area (Å²) < 4.78 is 1.13. The molecule has 3 nitrogen and oxygen atoms in total. The Bertz CT molecular complexity index is 1220. The van der Waals surface area contributed by atoms with Gasteiger partial charge >= 0.3 is 0 Å². The molecule has 1 atom stereocenters. The molecule has 4 rings (SSSR count). The predicted molar refractivity (Wildman–Crippen MR) is 122 cm³/mol. The van der Waals surface area contributed by atoms with Crippen molar-refractivity contribution < 1.29 is 0 Å². The molecule has 0 saturated carbocycles. The van der Waals surface area contributed by atoms with E-state index in [0.29, 0.717) is 10.7 Å². The molecule has 4 aromatic rings. The highest BCUT2D eigenvalue weighted by atomic mass is 127. The SMILES string of the molecule is N#CC(c1ccc(I)cc1)c1ccc2nc(Cl)nc(-c3cccc(Cl)c3)c2c1. The Labute approximate surface area is 186 Å². The number of benzene rings is 3. The molecule has 0 saturated heterocycles. The quantitative estimate of drug-likeness (QED) is 0.221. The van der Waals surface area contributed by atoms with Crippen LogP contribution in [0.25, 0.3) is 22.2 Å². The van der Waals surface area contributed by atoms with Crippen molar-refractivity contribution in [2.45, 2.75) is 5.92 Å². The van der Waals surface area contributed by atoms with Gasteiger partial charge in [-0.2, -0.15) is 5.26 Å². The fourth-order valence-corrected chi connectivity index (χ4v) is 3.88. The zero-order valence-corrected chi connectivity index (χ0v) is 18.1. The van der Waals surface area contributed by atoms with Crippen molar-refractivity contribution in [3.63, 3.8) is 0 Å². The van der Waals surface area contributed by atoms with Crippen LogP contribution < -0.4 is 0 Å². The second kappa shape index (κ2) is 8.04. The third kappa shape index (κ3) is 3.83. The molecule has 0 spiro atoms. The summed E-state index contributed by atoms with van der Waals surface area (Å²) in [5.74, 6) is -0.385. The Hall–Kier alpha value is -2.20. The number of aromatic nitrogens is 2. The predicted octanol–water partition coefficient (Wildman–Crippen LogP) is 6.86. The Kier molecular flexibility index (Phi) is 5.49. The first-order chi connectivity index (χ1) is 13.5. The zero-order valence-electron chi connectivity index (χ0n) is 14.4. The Morgan fingerprint density at radius 1 is 0.893 bits per heavy atom. The Balaban J connectivity index is 1.90. The van der Waals surface area contributed by atoms with E-state index < -0.39 is 0 Å². The third-order valence-corrected chi connectivity index (χ3v) is 5.58. The van der Waals surface area contributed by atoms with E-state index >= 15 is 0 Å². The number of nitriles is 1. The average molecular weight is 516 g/mol. The lowest BCUT2D eigenvalue weighted by Gasteiger charge is -2.13. The molecule has 0 amide bonds. The van der Waals surface area contributed by atoms with E-state index in [1.54, 1.807) is 0 Å². The number of halogens is 3. The van der Waals surface area contributed by atoms with Gasteiger partial charge in [-0.15, -0.1) is 0 Å². The first-order valence-corrected chi connectivity index (χ1v) is 10.3. The lowest BCUT2D eigenvalue weighted by atomic mass is 9.91. The highest BCUT2D eigenvalue weighted by molar-refractivity contribution is 14.1. The summed E-state index contributed by atoms with van der Waals surface area (Å²) in [7, 11) is 0. The number of hydrogen-bond acceptors (Lipinski definition) is 3. The number of hydrogen-bond donors (Lipinski definition) is 0. The van der Waals surface area contributed by atoms with Gasteiger partial charge in [0.2, 0.25) is 5.28 Å². The molecule has 0 bridgehead atoms. The second-order valence-electron chi connectivity index (χ2n) is 6.24. The van der Waals surface area contributed by atoms with Gasteiger partial charge in [0.1, 0.15) is 0 Å². The van der Waals surface area contributed by atoms with E-state index in [-0.39, 0.29) is 11.2 Å². The summed E-state index contributed by atoms with van der Waals surface area (Å²) in [4.78, 5) is 8.77. The van der Waals surface area contributed by atoms with Crippen LogP contribution in [0.3, 0.4) is 0 Å². The molecule has 0 aliphatic carbocycles. The van der Waals surface area contributed by atoms with Crippen molar-refractivity contribution in [2.24, 2.45) is 0 Å². The van der Waals surface area contributed by atoms with Gasteiger partial charge in [0, 0.05) is 19.5 Å². The van der Waals surface area contributed by atoms with Crippen molar-refractivity contribution >= 4 is 56.7 Å². The van der Waals surface area contributed by atoms with E-state index in [4.69, 9.17) is 23.2 Å². The van der Waals surface area contributed by atoms with Gasteiger partial charge in [0.15, 0.2) is 0 Å². The maximum Gasteiger partial charge on any atom is 0.223 e. The van der Waals surface area contributed by atoms with Crippen molar-refractivity contribution in [1.29, 1.82) is 5.26 Å². The molecule has 0 aliphatic heterocycles. The average Bonchev–Trinajstić information content (AvgIpc) is 2.69. The van der Waals surface area contributed by atoms with Crippen LogP contribution >= 0.6 is 45.8 Å². The molecule has 0 fully saturated rings. The number of nitrogens with zero attached hydrogens (tertiary/aromatic N) is 3. The largest absolute Gasteiger partial charge is 0.223 e. The van der Waals surface area contributed by atoms with Crippen LogP contribution in [-0.4, -0.2) is 9.97 Å². The molecule has 0 radical (unpaired) electrons. The number of rotatable bonds is 3. The van der Waals surface area contributed by atoms with Gasteiger partial charge in [-0.25, -0.2) is 9.97 Å². The lowest BCUT2D eigenvalue weighted by molar-refractivity contribution is 1.04. The van der Waals surface area contributed by atoms with Gasteiger partial charge in [-0.05, 0) is 81.7 Å². The molecule has 136 valence electrons.